The number of carbonyl (C=O) groups is 2. The summed E-state index contributed by atoms with van der Waals surface area (Å²) in [7, 11) is 0. The zero-order chi connectivity index (χ0) is 14.0. The second kappa shape index (κ2) is 5.01. The molecule has 0 saturated carbocycles. The van der Waals surface area contributed by atoms with Crippen molar-refractivity contribution in [3.8, 4) is 0 Å². The van der Waals surface area contributed by atoms with Crippen molar-refractivity contribution in [2.24, 2.45) is 5.73 Å². The van der Waals surface area contributed by atoms with E-state index >= 15 is 0 Å². The van der Waals surface area contributed by atoms with E-state index in [2.05, 4.69) is 4.90 Å². The molecule has 1 fully saturated rings. The van der Waals surface area contributed by atoms with Gasteiger partial charge in [0, 0.05) is 24.3 Å². The van der Waals surface area contributed by atoms with Crippen LogP contribution in [0.3, 0.4) is 0 Å². The number of Topliss-reactive ketones (excluding diaryl/α,β-unsaturated/α-hetero) is 1. The van der Waals surface area contributed by atoms with E-state index < -0.39 is 11.5 Å². The van der Waals surface area contributed by atoms with Gasteiger partial charge in [0.1, 0.15) is 5.54 Å². The zero-order valence-corrected chi connectivity index (χ0v) is 10.9. The Morgan fingerprint density at radius 1 is 1.21 bits per heavy atom. The number of ketones is 1. The van der Waals surface area contributed by atoms with Crippen LogP contribution in [-0.4, -0.2) is 35.5 Å². The third-order valence-corrected chi connectivity index (χ3v) is 3.72. The molecule has 5 heteroatoms. The molecule has 3 N–H and O–H groups in total. The molecule has 0 atom stereocenters. The molecule has 1 aromatic rings. The molecular weight excluding hydrogens is 244 g/mol. The second-order valence-corrected chi connectivity index (χ2v) is 5.05. The van der Waals surface area contributed by atoms with Crippen LogP contribution in [0, 0.1) is 0 Å². The molecule has 0 aromatic heterocycles. The Hall–Kier alpha value is -1.88. The molecule has 1 aromatic carbocycles. The number of hydrogen-bond acceptors (Lipinski definition) is 4. The molecule has 19 heavy (non-hydrogen) atoms. The molecule has 0 spiro atoms. The second-order valence-electron chi connectivity index (χ2n) is 5.05. The van der Waals surface area contributed by atoms with E-state index in [-0.39, 0.29) is 5.78 Å². The van der Waals surface area contributed by atoms with Crippen LogP contribution in [0.15, 0.2) is 24.3 Å². The molecule has 5 nitrogen and oxygen atoms in total. The topological polar surface area (TPSA) is 83.6 Å². The molecular formula is C14H18N2O3. The van der Waals surface area contributed by atoms with Crippen LogP contribution in [0.4, 0.5) is 5.69 Å². The third kappa shape index (κ3) is 2.76. The molecule has 1 heterocycles. The molecule has 0 radical (unpaired) electrons. The van der Waals surface area contributed by atoms with Gasteiger partial charge in [0.25, 0.3) is 0 Å². The van der Waals surface area contributed by atoms with Crippen molar-refractivity contribution in [3.05, 3.63) is 29.8 Å². The fraction of sp³-hybridized carbons (Fsp3) is 0.429. The molecule has 1 aliphatic rings. The van der Waals surface area contributed by atoms with Crippen LogP contribution in [0.1, 0.15) is 30.1 Å². The van der Waals surface area contributed by atoms with Crippen LogP contribution >= 0.6 is 0 Å². The quantitative estimate of drug-likeness (QED) is 0.801. The summed E-state index contributed by atoms with van der Waals surface area (Å²) in [5, 5.41) is 9.07. The number of carboxylic acid groups (broad SMARTS) is 1. The van der Waals surface area contributed by atoms with Crippen LogP contribution in [0.2, 0.25) is 0 Å². The molecule has 2 rings (SSSR count). The number of anilines is 1. The van der Waals surface area contributed by atoms with Gasteiger partial charge >= 0.3 is 5.97 Å². The monoisotopic (exact) mass is 262 g/mol. The standard InChI is InChI=1S/C14H18N2O3/c1-10(17)11-2-4-12(5-3-11)16-8-6-14(15,7-9-16)13(18)19/h2-5H,6-9,15H2,1H3,(H,18,19). The summed E-state index contributed by atoms with van der Waals surface area (Å²) in [5.41, 5.74) is 6.41. The first-order chi connectivity index (χ1) is 8.92. The number of carboxylic acids is 1. The minimum Gasteiger partial charge on any atom is -0.480 e. The summed E-state index contributed by atoms with van der Waals surface area (Å²) in [6.07, 6.45) is 0.855. The van der Waals surface area contributed by atoms with E-state index in [0.29, 0.717) is 31.5 Å². The third-order valence-electron chi connectivity index (χ3n) is 3.72. The summed E-state index contributed by atoms with van der Waals surface area (Å²) in [5.74, 6) is -0.892. The lowest BCUT2D eigenvalue weighted by Gasteiger charge is -2.37. The van der Waals surface area contributed by atoms with Gasteiger partial charge in [-0.25, -0.2) is 0 Å². The summed E-state index contributed by atoms with van der Waals surface area (Å²) >= 11 is 0. The molecule has 102 valence electrons. The minimum atomic E-state index is -1.10. The average Bonchev–Trinajstić information content (AvgIpc) is 2.39. The molecule has 0 bridgehead atoms. The SMILES string of the molecule is CC(=O)c1ccc(N2CCC(N)(C(=O)O)CC2)cc1. The van der Waals surface area contributed by atoms with Crippen molar-refractivity contribution in [1.29, 1.82) is 0 Å². The largest absolute Gasteiger partial charge is 0.480 e. The Morgan fingerprint density at radius 2 is 1.74 bits per heavy atom. The number of benzene rings is 1. The Balaban J connectivity index is 2.05. The van der Waals surface area contributed by atoms with Crippen LogP contribution in [0.25, 0.3) is 0 Å². The Bertz CT molecular complexity index is 488. The fourth-order valence-corrected chi connectivity index (χ4v) is 2.28. The van der Waals surface area contributed by atoms with Gasteiger partial charge in [0.15, 0.2) is 5.78 Å². The van der Waals surface area contributed by atoms with E-state index in [4.69, 9.17) is 10.8 Å². The summed E-state index contributed by atoms with van der Waals surface area (Å²) in [6, 6.07) is 7.36. The number of rotatable bonds is 3. The maximum absolute atomic E-state index is 11.2. The highest BCUT2D eigenvalue weighted by atomic mass is 16.4. The van der Waals surface area contributed by atoms with Gasteiger partial charge in [-0.3, -0.25) is 9.59 Å². The zero-order valence-electron chi connectivity index (χ0n) is 10.9. The number of hydrogen-bond donors (Lipinski definition) is 2. The molecule has 0 aliphatic carbocycles. The number of piperidine rings is 1. The van der Waals surface area contributed by atoms with Crippen molar-refractivity contribution in [1.82, 2.24) is 0 Å². The first kappa shape index (κ1) is 13.5. The van der Waals surface area contributed by atoms with Gasteiger partial charge in [-0.05, 0) is 44.0 Å². The van der Waals surface area contributed by atoms with Crippen molar-refractivity contribution in [2.45, 2.75) is 25.3 Å². The number of aliphatic carboxylic acids is 1. The van der Waals surface area contributed by atoms with Crippen molar-refractivity contribution in [3.63, 3.8) is 0 Å². The Kier molecular flexibility index (Phi) is 3.57. The van der Waals surface area contributed by atoms with Crippen molar-refractivity contribution in [2.75, 3.05) is 18.0 Å². The van der Waals surface area contributed by atoms with Crippen molar-refractivity contribution < 1.29 is 14.7 Å². The van der Waals surface area contributed by atoms with Gasteiger partial charge in [-0.1, -0.05) is 0 Å². The van der Waals surface area contributed by atoms with Gasteiger partial charge in [-0.15, -0.1) is 0 Å². The number of nitrogens with zero attached hydrogens (tertiary/aromatic N) is 1. The van der Waals surface area contributed by atoms with Gasteiger partial charge in [-0.2, -0.15) is 0 Å². The van der Waals surface area contributed by atoms with E-state index in [1.807, 2.05) is 12.1 Å². The minimum absolute atomic E-state index is 0.0389. The van der Waals surface area contributed by atoms with Crippen LogP contribution in [-0.2, 0) is 4.79 Å². The fourth-order valence-electron chi connectivity index (χ4n) is 2.28. The maximum atomic E-state index is 11.2. The van der Waals surface area contributed by atoms with Gasteiger partial charge in [0.2, 0.25) is 0 Å². The predicted octanol–water partition coefficient (Wildman–Crippen LogP) is 1.27. The molecule has 0 amide bonds. The molecule has 1 aliphatic heterocycles. The summed E-state index contributed by atoms with van der Waals surface area (Å²) in [4.78, 5) is 24.4. The van der Waals surface area contributed by atoms with Gasteiger partial charge in [0.05, 0.1) is 0 Å². The van der Waals surface area contributed by atoms with E-state index in [9.17, 15) is 9.59 Å². The first-order valence-corrected chi connectivity index (χ1v) is 6.31. The van der Waals surface area contributed by atoms with Crippen molar-refractivity contribution >= 4 is 17.4 Å². The molecule has 1 saturated heterocycles. The Labute approximate surface area is 112 Å². The Morgan fingerprint density at radius 3 is 2.16 bits per heavy atom. The summed E-state index contributed by atoms with van der Waals surface area (Å²) in [6.45, 7) is 2.76. The highest BCUT2D eigenvalue weighted by molar-refractivity contribution is 5.94. The van der Waals surface area contributed by atoms with E-state index in [0.717, 1.165) is 5.69 Å². The maximum Gasteiger partial charge on any atom is 0.323 e. The van der Waals surface area contributed by atoms with E-state index in [1.54, 1.807) is 12.1 Å². The average molecular weight is 262 g/mol. The highest BCUT2D eigenvalue weighted by Gasteiger charge is 2.37. The van der Waals surface area contributed by atoms with E-state index in [1.165, 1.54) is 6.92 Å². The lowest BCUT2D eigenvalue weighted by atomic mass is 9.88. The van der Waals surface area contributed by atoms with Gasteiger partial charge < -0.3 is 15.7 Å². The number of carbonyl (C=O) groups excluding carboxylic acids is 1. The highest BCUT2D eigenvalue weighted by Crippen LogP contribution is 2.25. The molecule has 0 unspecified atom stereocenters. The lowest BCUT2D eigenvalue weighted by molar-refractivity contribution is -0.144. The predicted molar refractivity (Wildman–Crippen MR) is 72.4 cm³/mol. The summed E-state index contributed by atoms with van der Waals surface area (Å²) < 4.78 is 0. The first-order valence-electron chi connectivity index (χ1n) is 6.31. The lowest BCUT2D eigenvalue weighted by Crippen LogP contribution is -2.55. The number of nitrogens with two attached hydrogens (primary N) is 1. The van der Waals surface area contributed by atoms with Crippen LogP contribution in [0.5, 0.6) is 0 Å². The van der Waals surface area contributed by atoms with Crippen LogP contribution < -0.4 is 10.6 Å². The normalized spacial score (nSPS) is 18.1. The smallest absolute Gasteiger partial charge is 0.323 e.